The Kier molecular flexibility index (Phi) is 7.68. The molecule has 0 amide bonds. The van der Waals surface area contributed by atoms with Crippen LogP contribution in [0.2, 0.25) is 0 Å². The minimum Gasteiger partial charge on any atom is -0.382 e. The first kappa shape index (κ1) is 18.1. The summed E-state index contributed by atoms with van der Waals surface area (Å²) in [6.45, 7) is 7.25. The number of nitrogens with zero attached hydrogens (tertiary/aromatic N) is 2. The van der Waals surface area contributed by atoms with Crippen LogP contribution in [0.25, 0.3) is 0 Å². The second-order valence-corrected chi connectivity index (χ2v) is 6.70. The van der Waals surface area contributed by atoms with Gasteiger partial charge in [0.05, 0.1) is 0 Å². The monoisotopic (exact) mass is 382 g/mol. The molecule has 1 aromatic carbocycles. The summed E-state index contributed by atoms with van der Waals surface area (Å²) in [5, 5.41) is 3.14. The van der Waals surface area contributed by atoms with Gasteiger partial charge in [0.2, 0.25) is 0 Å². The van der Waals surface area contributed by atoms with E-state index in [1.165, 1.54) is 5.69 Å². The number of hydrogen-bond acceptors (Lipinski definition) is 3. The van der Waals surface area contributed by atoms with E-state index in [4.69, 9.17) is 10.5 Å². The first-order chi connectivity index (χ1) is 11.2. The van der Waals surface area contributed by atoms with Crippen molar-refractivity contribution in [2.45, 2.75) is 19.8 Å². The summed E-state index contributed by atoms with van der Waals surface area (Å²) in [5.74, 6) is 1.11. The molecule has 0 bridgehead atoms. The standard InChI is InChI=1S/C17H27BrN4O/c1-2-23-10-4-8-20-17(19)21-12-14-7-9-22(13-14)16-6-3-5-15(18)11-16/h3,5-6,11,14H,2,4,7-10,12-13H2,1H3,(H3,19,20,21). The molecule has 5 nitrogen and oxygen atoms in total. The van der Waals surface area contributed by atoms with E-state index in [0.29, 0.717) is 11.9 Å². The highest BCUT2D eigenvalue weighted by molar-refractivity contribution is 9.10. The van der Waals surface area contributed by atoms with Gasteiger partial charge in [-0.2, -0.15) is 0 Å². The normalized spacial score (nSPS) is 18.4. The Morgan fingerprint density at radius 3 is 3.17 bits per heavy atom. The molecule has 1 atom stereocenters. The van der Waals surface area contributed by atoms with Crippen molar-refractivity contribution in [1.82, 2.24) is 5.32 Å². The van der Waals surface area contributed by atoms with Gasteiger partial charge in [0.25, 0.3) is 0 Å². The number of ether oxygens (including phenoxy) is 1. The molecule has 1 unspecified atom stereocenters. The topological polar surface area (TPSA) is 62.9 Å². The van der Waals surface area contributed by atoms with E-state index in [9.17, 15) is 0 Å². The number of nitrogens with one attached hydrogen (secondary N) is 1. The molecule has 1 fully saturated rings. The van der Waals surface area contributed by atoms with Crippen LogP contribution >= 0.6 is 15.9 Å². The molecule has 23 heavy (non-hydrogen) atoms. The van der Waals surface area contributed by atoms with E-state index >= 15 is 0 Å². The van der Waals surface area contributed by atoms with Crippen molar-refractivity contribution in [2.24, 2.45) is 16.6 Å². The third kappa shape index (κ3) is 6.39. The molecular weight excluding hydrogens is 356 g/mol. The minimum atomic E-state index is 0.544. The largest absolute Gasteiger partial charge is 0.382 e. The number of benzene rings is 1. The lowest BCUT2D eigenvalue weighted by molar-refractivity contribution is 0.145. The van der Waals surface area contributed by atoms with Crippen LogP contribution in [0.1, 0.15) is 19.8 Å². The molecule has 0 aromatic heterocycles. The molecule has 1 aromatic rings. The fourth-order valence-electron chi connectivity index (χ4n) is 2.71. The van der Waals surface area contributed by atoms with Crippen LogP contribution in [0.5, 0.6) is 0 Å². The molecule has 1 saturated heterocycles. The molecule has 0 aliphatic carbocycles. The summed E-state index contributed by atoms with van der Waals surface area (Å²) in [5.41, 5.74) is 7.18. The van der Waals surface area contributed by atoms with Crippen LogP contribution in [-0.2, 0) is 4.74 Å². The number of rotatable bonds is 8. The molecule has 1 aliphatic heterocycles. The second kappa shape index (κ2) is 9.78. The Balaban J connectivity index is 1.69. The van der Waals surface area contributed by atoms with Crippen LogP contribution in [0.3, 0.4) is 0 Å². The molecule has 0 saturated carbocycles. The number of anilines is 1. The lowest BCUT2D eigenvalue weighted by Crippen LogP contribution is -2.33. The Bertz CT molecular complexity index is 509. The van der Waals surface area contributed by atoms with Gasteiger partial charge in [-0.1, -0.05) is 22.0 Å². The van der Waals surface area contributed by atoms with Crippen LogP contribution in [0.4, 0.5) is 5.69 Å². The molecule has 2 rings (SSSR count). The Labute approximate surface area is 147 Å². The average molecular weight is 383 g/mol. The van der Waals surface area contributed by atoms with Crippen molar-refractivity contribution in [3.8, 4) is 0 Å². The van der Waals surface area contributed by atoms with Gasteiger partial charge >= 0.3 is 0 Å². The van der Waals surface area contributed by atoms with E-state index in [-0.39, 0.29) is 0 Å². The fourth-order valence-corrected chi connectivity index (χ4v) is 3.09. The predicted molar refractivity (Wildman–Crippen MR) is 100 cm³/mol. The molecule has 128 valence electrons. The Hall–Kier alpha value is -1.27. The van der Waals surface area contributed by atoms with Crippen molar-refractivity contribution in [1.29, 1.82) is 0 Å². The summed E-state index contributed by atoms with van der Waals surface area (Å²) in [7, 11) is 0. The smallest absolute Gasteiger partial charge is 0.188 e. The van der Waals surface area contributed by atoms with Crippen molar-refractivity contribution < 1.29 is 4.74 Å². The number of hydrogen-bond donors (Lipinski definition) is 2. The molecule has 0 spiro atoms. The third-order valence-electron chi connectivity index (χ3n) is 3.95. The average Bonchev–Trinajstić information content (AvgIpc) is 3.02. The van der Waals surface area contributed by atoms with Crippen molar-refractivity contribution in [3.63, 3.8) is 0 Å². The Morgan fingerprint density at radius 1 is 1.52 bits per heavy atom. The van der Waals surface area contributed by atoms with Gasteiger partial charge in [0, 0.05) is 49.6 Å². The van der Waals surface area contributed by atoms with Gasteiger partial charge in [0.1, 0.15) is 0 Å². The maximum absolute atomic E-state index is 5.91. The summed E-state index contributed by atoms with van der Waals surface area (Å²) >= 11 is 3.53. The van der Waals surface area contributed by atoms with Gasteiger partial charge in [-0.25, -0.2) is 0 Å². The number of aliphatic imine (C=N–C) groups is 1. The lowest BCUT2D eigenvalue weighted by atomic mass is 10.1. The number of guanidine groups is 1. The highest BCUT2D eigenvalue weighted by Gasteiger charge is 2.22. The van der Waals surface area contributed by atoms with E-state index in [0.717, 1.165) is 56.7 Å². The molecular formula is C17H27BrN4O. The maximum Gasteiger partial charge on any atom is 0.188 e. The van der Waals surface area contributed by atoms with Crippen LogP contribution in [-0.4, -0.2) is 45.4 Å². The molecule has 3 N–H and O–H groups in total. The Morgan fingerprint density at radius 2 is 2.39 bits per heavy atom. The van der Waals surface area contributed by atoms with Gasteiger partial charge < -0.3 is 20.7 Å². The van der Waals surface area contributed by atoms with Crippen LogP contribution < -0.4 is 16.0 Å². The highest BCUT2D eigenvalue weighted by Crippen LogP contribution is 2.26. The molecule has 0 radical (unpaired) electrons. The molecule has 1 heterocycles. The van der Waals surface area contributed by atoms with E-state index in [1.807, 2.05) is 6.92 Å². The minimum absolute atomic E-state index is 0.544. The summed E-state index contributed by atoms with van der Waals surface area (Å²) in [6, 6.07) is 8.46. The zero-order valence-electron chi connectivity index (χ0n) is 13.8. The first-order valence-corrected chi connectivity index (χ1v) is 9.10. The lowest BCUT2D eigenvalue weighted by Gasteiger charge is -2.18. The molecule has 1 aliphatic rings. The van der Waals surface area contributed by atoms with Gasteiger partial charge in [-0.05, 0) is 43.9 Å². The zero-order chi connectivity index (χ0) is 16.5. The van der Waals surface area contributed by atoms with Crippen molar-refractivity contribution >= 4 is 27.6 Å². The number of halogens is 1. The van der Waals surface area contributed by atoms with E-state index < -0.39 is 0 Å². The van der Waals surface area contributed by atoms with Crippen LogP contribution in [0, 0.1) is 5.92 Å². The van der Waals surface area contributed by atoms with Crippen LogP contribution in [0.15, 0.2) is 33.7 Å². The first-order valence-electron chi connectivity index (χ1n) is 8.31. The number of nitrogens with two attached hydrogens (primary N) is 1. The SMILES string of the molecule is CCOCCCNC(N)=NCC1CCN(c2cccc(Br)c2)C1. The van der Waals surface area contributed by atoms with Gasteiger partial charge in [-0.3, -0.25) is 4.99 Å². The zero-order valence-corrected chi connectivity index (χ0v) is 15.4. The summed E-state index contributed by atoms with van der Waals surface area (Å²) in [4.78, 5) is 6.89. The van der Waals surface area contributed by atoms with Gasteiger partial charge in [0.15, 0.2) is 5.96 Å². The molecule has 6 heteroatoms. The van der Waals surface area contributed by atoms with E-state index in [2.05, 4.69) is 55.4 Å². The maximum atomic E-state index is 5.91. The quantitative estimate of drug-likeness (QED) is 0.412. The predicted octanol–water partition coefficient (Wildman–Crippen LogP) is 2.61. The van der Waals surface area contributed by atoms with Crippen molar-refractivity contribution in [3.05, 3.63) is 28.7 Å². The summed E-state index contributed by atoms with van der Waals surface area (Å²) in [6.07, 6.45) is 2.11. The third-order valence-corrected chi connectivity index (χ3v) is 4.45. The summed E-state index contributed by atoms with van der Waals surface area (Å²) < 4.78 is 6.41. The fraction of sp³-hybridized carbons (Fsp3) is 0.588. The van der Waals surface area contributed by atoms with E-state index in [1.54, 1.807) is 0 Å². The second-order valence-electron chi connectivity index (χ2n) is 5.78. The van der Waals surface area contributed by atoms with Gasteiger partial charge in [-0.15, -0.1) is 0 Å². The highest BCUT2D eigenvalue weighted by atomic mass is 79.9. The van der Waals surface area contributed by atoms with Crippen molar-refractivity contribution in [2.75, 3.05) is 44.3 Å².